The van der Waals surface area contributed by atoms with Gasteiger partial charge in [-0.1, -0.05) is 12.1 Å². The molecule has 5 nitrogen and oxygen atoms in total. The number of carbonyl (C=O) groups excluding carboxylic acids is 2. The minimum Gasteiger partial charge on any atom is -0.461 e. The predicted octanol–water partition coefficient (Wildman–Crippen LogP) is 1.32. The number of cyclic esters (lactones) is 1. The third-order valence-electron chi connectivity index (χ3n) is 2.67. The topological polar surface area (TPSA) is 64.6 Å². The molecule has 1 aromatic rings. The number of hydrogen-bond acceptors (Lipinski definition) is 4. The van der Waals surface area contributed by atoms with Crippen LogP contribution in [0.25, 0.3) is 0 Å². The molecule has 0 saturated carbocycles. The maximum atomic E-state index is 13.2. The number of ether oxygens (including phenoxy) is 2. The van der Waals surface area contributed by atoms with Crippen LogP contribution in [0.15, 0.2) is 24.3 Å². The first-order valence-electron chi connectivity index (χ1n) is 5.38. The molecular weight excluding hydrogens is 241 g/mol. The van der Waals surface area contributed by atoms with Crippen molar-refractivity contribution in [2.24, 2.45) is 0 Å². The van der Waals surface area contributed by atoms with E-state index in [1.165, 1.54) is 25.1 Å². The zero-order chi connectivity index (χ0) is 13.2. The van der Waals surface area contributed by atoms with Crippen molar-refractivity contribution in [3.8, 4) is 0 Å². The lowest BCUT2D eigenvalue weighted by Crippen LogP contribution is -2.36. The molecule has 6 heteroatoms. The summed E-state index contributed by atoms with van der Waals surface area (Å²) in [5.74, 6) is -0.939. The molecule has 0 spiro atoms. The molecule has 1 amide bonds. The number of nitrogens with one attached hydrogen (secondary N) is 1. The van der Waals surface area contributed by atoms with Crippen LogP contribution < -0.4 is 5.32 Å². The second-order valence-electron chi connectivity index (χ2n) is 4.03. The number of halogens is 1. The van der Waals surface area contributed by atoms with Crippen LogP contribution in [0.4, 0.5) is 9.18 Å². The van der Waals surface area contributed by atoms with Crippen molar-refractivity contribution in [3.05, 3.63) is 35.6 Å². The molecule has 0 aromatic heterocycles. The summed E-state index contributed by atoms with van der Waals surface area (Å²) in [6.07, 6.45) is -0.619. The van der Waals surface area contributed by atoms with Crippen molar-refractivity contribution in [2.75, 3.05) is 13.2 Å². The summed E-state index contributed by atoms with van der Waals surface area (Å²) in [7, 11) is 0. The SMILES string of the molecule is CC(=O)OCC1(c2cccc(F)c2)CNC(=O)O1. The fourth-order valence-corrected chi connectivity index (χ4v) is 1.78. The number of alkyl carbamates (subject to hydrolysis) is 1. The van der Waals surface area contributed by atoms with Crippen molar-refractivity contribution < 1.29 is 23.5 Å². The van der Waals surface area contributed by atoms with Crippen LogP contribution in [-0.2, 0) is 19.9 Å². The number of amides is 1. The molecule has 1 saturated heterocycles. The Kier molecular flexibility index (Phi) is 3.18. The van der Waals surface area contributed by atoms with Crippen molar-refractivity contribution in [3.63, 3.8) is 0 Å². The van der Waals surface area contributed by atoms with E-state index in [-0.39, 0.29) is 13.2 Å². The molecule has 1 unspecified atom stereocenters. The van der Waals surface area contributed by atoms with Crippen LogP contribution in [0.5, 0.6) is 0 Å². The van der Waals surface area contributed by atoms with E-state index >= 15 is 0 Å². The van der Waals surface area contributed by atoms with E-state index in [1.807, 2.05) is 0 Å². The molecule has 2 rings (SSSR count). The zero-order valence-corrected chi connectivity index (χ0v) is 9.73. The van der Waals surface area contributed by atoms with Gasteiger partial charge in [-0.2, -0.15) is 0 Å². The minimum absolute atomic E-state index is 0.128. The Hall–Kier alpha value is -2.11. The average Bonchev–Trinajstić information content (AvgIpc) is 2.70. The number of rotatable bonds is 3. The van der Waals surface area contributed by atoms with Crippen molar-refractivity contribution in [1.82, 2.24) is 5.32 Å². The number of benzene rings is 1. The Bertz CT molecular complexity index is 491. The average molecular weight is 253 g/mol. The first-order valence-corrected chi connectivity index (χ1v) is 5.38. The molecule has 96 valence electrons. The summed E-state index contributed by atoms with van der Waals surface area (Å²) >= 11 is 0. The third kappa shape index (κ3) is 2.42. The summed E-state index contributed by atoms with van der Waals surface area (Å²) in [5, 5.41) is 2.48. The van der Waals surface area contributed by atoms with E-state index in [0.29, 0.717) is 5.56 Å². The number of hydrogen-bond donors (Lipinski definition) is 1. The second-order valence-corrected chi connectivity index (χ2v) is 4.03. The maximum Gasteiger partial charge on any atom is 0.408 e. The highest BCUT2D eigenvalue weighted by atomic mass is 19.1. The Morgan fingerprint density at radius 2 is 2.39 bits per heavy atom. The first kappa shape index (κ1) is 12.3. The molecule has 0 aliphatic carbocycles. The van der Waals surface area contributed by atoms with Gasteiger partial charge in [0.1, 0.15) is 12.4 Å². The highest BCUT2D eigenvalue weighted by Gasteiger charge is 2.43. The van der Waals surface area contributed by atoms with Gasteiger partial charge in [0.15, 0.2) is 5.60 Å². The van der Waals surface area contributed by atoms with E-state index in [4.69, 9.17) is 9.47 Å². The van der Waals surface area contributed by atoms with E-state index in [0.717, 1.165) is 0 Å². The summed E-state index contributed by atoms with van der Waals surface area (Å²) < 4.78 is 23.3. The van der Waals surface area contributed by atoms with Gasteiger partial charge in [-0.3, -0.25) is 4.79 Å². The summed E-state index contributed by atoms with van der Waals surface area (Å²) in [6, 6.07) is 5.66. The molecule has 1 aromatic carbocycles. The lowest BCUT2D eigenvalue weighted by atomic mass is 9.95. The van der Waals surface area contributed by atoms with Crippen LogP contribution in [0.2, 0.25) is 0 Å². The van der Waals surface area contributed by atoms with Gasteiger partial charge in [-0.05, 0) is 12.1 Å². The molecule has 1 aliphatic heterocycles. The van der Waals surface area contributed by atoms with Gasteiger partial charge in [0.05, 0.1) is 6.54 Å². The molecule has 18 heavy (non-hydrogen) atoms. The van der Waals surface area contributed by atoms with E-state index in [2.05, 4.69) is 5.32 Å². The van der Waals surface area contributed by atoms with Gasteiger partial charge >= 0.3 is 12.1 Å². The molecular formula is C12H12FNO4. The Morgan fingerprint density at radius 1 is 1.61 bits per heavy atom. The number of carbonyl (C=O) groups is 2. The molecule has 1 N–H and O–H groups in total. The Balaban J connectivity index is 2.30. The largest absolute Gasteiger partial charge is 0.461 e. The van der Waals surface area contributed by atoms with E-state index in [9.17, 15) is 14.0 Å². The van der Waals surface area contributed by atoms with Gasteiger partial charge < -0.3 is 14.8 Å². The standard InChI is InChI=1S/C12H12FNO4/c1-8(15)17-7-12(6-14-11(16)18-12)9-3-2-4-10(13)5-9/h2-5H,6-7H2,1H3,(H,14,16). The molecule has 0 bridgehead atoms. The quantitative estimate of drug-likeness (QED) is 0.825. The van der Waals surface area contributed by atoms with Crippen molar-refractivity contribution in [1.29, 1.82) is 0 Å². The summed E-state index contributed by atoms with van der Waals surface area (Å²) in [4.78, 5) is 22.1. The second kappa shape index (κ2) is 4.64. The van der Waals surface area contributed by atoms with Gasteiger partial charge in [0.2, 0.25) is 0 Å². The Labute approximate surface area is 103 Å². The molecule has 1 atom stereocenters. The maximum absolute atomic E-state index is 13.2. The van der Waals surface area contributed by atoms with Gasteiger partial charge in [0.25, 0.3) is 0 Å². The predicted molar refractivity (Wildman–Crippen MR) is 59.2 cm³/mol. The van der Waals surface area contributed by atoms with Crippen LogP contribution >= 0.6 is 0 Å². The fourth-order valence-electron chi connectivity index (χ4n) is 1.78. The molecule has 1 fully saturated rings. The van der Waals surface area contributed by atoms with Gasteiger partial charge in [-0.25, -0.2) is 9.18 Å². The monoisotopic (exact) mass is 253 g/mol. The van der Waals surface area contributed by atoms with Crippen LogP contribution in [0, 0.1) is 5.82 Å². The fraction of sp³-hybridized carbons (Fsp3) is 0.333. The highest BCUT2D eigenvalue weighted by Crippen LogP contribution is 2.30. The minimum atomic E-state index is -1.16. The van der Waals surface area contributed by atoms with Crippen molar-refractivity contribution >= 4 is 12.1 Å². The lowest BCUT2D eigenvalue weighted by molar-refractivity contribution is -0.147. The summed E-state index contributed by atoms with van der Waals surface area (Å²) in [5.41, 5.74) is -0.715. The molecule has 1 aliphatic rings. The lowest BCUT2D eigenvalue weighted by Gasteiger charge is -2.26. The van der Waals surface area contributed by atoms with Crippen molar-refractivity contribution in [2.45, 2.75) is 12.5 Å². The van der Waals surface area contributed by atoms with Gasteiger partial charge in [-0.15, -0.1) is 0 Å². The zero-order valence-electron chi connectivity index (χ0n) is 9.73. The van der Waals surface area contributed by atoms with E-state index < -0.39 is 23.5 Å². The normalized spacial score (nSPS) is 22.2. The third-order valence-corrected chi connectivity index (χ3v) is 2.67. The van der Waals surface area contributed by atoms with Crippen LogP contribution in [-0.4, -0.2) is 25.2 Å². The molecule has 1 heterocycles. The highest BCUT2D eigenvalue weighted by molar-refractivity contribution is 5.71. The van der Waals surface area contributed by atoms with Gasteiger partial charge in [0, 0.05) is 12.5 Å². The molecule has 0 radical (unpaired) electrons. The summed E-state index contributed by atoms with van der Waals surface area (Å²) in [6.45, 7) is 1.23. The Morgan fingerprint density at radius 3 is 2.94 bits per heavy atom. The smallest absolute Gasteiger partial charge is 0.408 e. The number of esters is 1. The van der Waals surface area contributed by atoms with Crippen LogP contribution in [0.1, 0.15) is 12.5 Å². The van der Waals surface area contributed by atoms with Crippen LogP contribution in [0.3, 0.4) is 0 Å². The van der Waals surface area contributed by atoms with E-state index in [1.54, 1.807) is 6.07 Å². The first-order chi connectivity index (χ1) is 8.52.